The van der Waals surface area contributed by atoms with Gasteiger partial charge in [-0.3, -0.25) is 9.59 Å². The van der Waals surface area contributed by atoms with E-state index in [1.165, 1.54) is 19.2 Å². The second-order valence-corrected chi connectivity index (χ2v) is 5.87. The number of hydrogen-bond acceptors (Lipinski definition) is 4. The summed E-state index contributed by atoms with van der Waals surface area (Å²) < 4.78 is 0. The van der Waals surface area contributed by atoms with Crippen LogP contribution in [-0.2, 0) is 11.2 Å². The van der Waals surface area contributed by atoms with Crippen molar-refractivity contribution in [1.82, 2.24) is 10.3 Å². The summed E-state index contributed by atoms with van der Waals surface area (Å²) in [5.74, 6) is -1.93. The van der Waals surface area contributed by atoms with E-state index in [1.54, 1.807) is 0 Å². The quantitative estimate of drug-likeness (QED) is 0.787. The number of amides is 2. The highest BCUT2D eigenvalue weighted by atomic mass is 16.4. The maximum atomic E-state index is 11.9. The molecule has 0 saturated heterocycles. The molecule has 7 nitrogen and oxygen atoms in total. The van der Waals surface area contributed by atoms with Crippen LogP contribution < -0.4 is 10.6 Å². The Hall–Kier alpha value is -3.22. The minimum atomic E-state index is -1.13. The first-order valence-electron chi connectivity index (χ1n) is 7.79. The van der Waals surface area contributed by atoms with Crippen molar-refractivity contribution in [2.75, 3.05) is 12.4 Å². The largest absolute Gasteiger partial charge is 0.478 e. The number of carboxylic acids is 1. The molecule has 3 N–H and O–H groups in total. The van der Waals surface area contributed by atoms with Crippen molar-refractivity contribution in [3.63, 3.8) is 0 Å². The van der Waals surface area contributed by atoms with Crippen LogP contribution in [0, 0.1) is 0 Å². The standard InChI is InChI=1S/C18H17N3O4/c1-9(11-4-3-5-13-12(11)8-16(22)21-13)14-6-10(18(24)25)7-15(20-14)17(23)19-2/h3-7,9H,8H2,1-2H3,(H,19,23)(H,21,22)(H,24,25). The molecule has 3 rings (SSSR count). The Morgan fingerprint density at radius 1 is 1.32 bits per heavy atom. The topological polar surface area (TPSA) is 108 Å². The molecule has 0 aliphatic carbocycles. The lowest BCUT2D eigenvalue weighted by molar-refractivity contribution is -0.115. The molecule has 1 atom stereocenters. The van der Waals surface area contributed by atoms with Gasteiger partial charge in [0.15, 0.2) is 0 Å². The lowest BCUT2D eigenvalue weighted by Gasteiger charge is -2.16. The Morgan fingerprint density at radius 3 is 2.76 bits per heavy atom. The van der Waals surface area contributed by atoms with Crippen molar-refractivity contribution >= 4 is 23.5 Å². The number of carboxylic acid groups (broad SMARTS) is 1. The molecule has 0 radical (unpaired) electrons. The normalized spacial score (nSPS) is 13.8. The zero-order chi connectivity index (χ0) is 18.1. The van der Waals surface area contributed by atoms with Gasteiger partial charge in [-0.15, -0.1) is 0 Å². The predicted octanol–water partition coefficient (Wildman–Crippen LogP) is 1.79. The van der Waals surface area contributed by atoms with Gasteiger partial charge in [0.1, 0.15) is 5.69 Å². The van der Waals surface area contributed by atoms with Crippen molar-refractivity contribution in [1.29, 1.82) is 0 Å². The fraction of sp³-hybridized carbons (Fsp3) is 0.222. The third-order valence-electron chi connectivity index (χ3n) is 4.29. The molecule has 1 aromatic carbocycles. The summed E-state index contributed by atoms with van der Waals surface area (Å²) in [6, 6.07) is 8.25. The molecule has 1 aromatic heterocycles. The maximum absolute atomic E-state index is 11.9. The van der Waals surface area contributed by atoms with Gasteiger partial charge in [0.25, 0.3) is 5.91 Å². The van der Waals surface area contributed by atoms with Gasteiger partial charge in [-0.05, 0) is 29.3 Å². The summed E-state index contributed by atoms with van der Waals surface area (Å²) in [6.07, 6.45) is 0.275. The van der Waals surface area contributed by atoms with Gasteiger partial charge >= 0.3 is 5.97 Å². The van der Waals surface area contributed by atoms with Crippen LogP contribution in [0.25, 0.3) is 0 Å². The Kier molecular flexibility index (Phi) is 4.22. The van der Waals surface area contributed by atoms with Crippen LogP contribution in [0.1, 0.15) is 50.5 Å². The fourth-order valence-electron chi connectivity index (χ4n) is 2.98. The third kappa shape index (κ3) is 3.08. The van der Waals surface area contributed by atoms with Gasteiger partial charge in [0.2, 0.25) is 5.91 Å². The van der Waals surface area contributed by atoms with Crippen LogP contribution in [0.3, 0.4) is 0 Å². The average molecular weight is 339 g/mol. The van der Waals surface area contributed by atoms with Gasteiger partial charge < -0.3 is 15.7 Å². The van der Waals surface area contributed by atoms with Crippen molar-refractivity contribution in [3.05, 3.63) is 58.4 Å². The number of rotatable bonds is 4. The monoisotopic (exact) mass is 339 g/mol. The van der Waals surface area contributed by atoms with Gasteiger partial charge in [-0.2, -0.15) is 0 Å². The Morgan fingerprint density at radius 2 is 2.08 bits per heavy atom. The Balaban J connectivity index is 2.09. The van der Waals surface area contributed by atoms with Crippen LogP contribution in [0.2, 0.25) is 0 Å². The van der Waals surface area contributed by atoms with Crippen LogP contribution in [0.4, 0.5) is 5.69 Å². The molecule has 0 saturated carbocycles. The van der Waals surface area contributed by atoms with Crippen LogP contribution >= 0.6 is 0 Å². The number of anilines is 1. The fourth-order valence-corrected chi connectivity index (χ4v) is 2.98. The van der Waals surface area contributed by atoms with Crippen molar-refractivity contribution < 1.29 is 19.5 Å². The third-order valence-corrected chi connectivity index (χ3v) is 4.29. The molecule has 128 valence electrons. The first-order chi connectivity index (χ1) is 11.9. The van der Waals surface area contributed by atoms with E-state index >= 15 is 0 Å². The SMILES string of the molecule is CNC(=O)c1cc(C(=O)O)cc(C(C)c2cccc3c2CC(=O)N3)n1. The second-order valence-electron chi connectivity index (χ2n) is 5.87. The molecule has 2 amide bonds. The molecule has 1 aliphatic heterocycles. The van der Waals surface area contributed by atoms with Gasteiger partial charge in [0.05, 0.1) is 12.0 Å². The molecule has 1 aliphatic rings. The number of hydrogen-bond donors (Lipinski definition) is 3. The van der Waals surface area contributed by atoms with E-state index in [9.17, 15) is 19.5 Å². The molecule has 2 aromatic rings. The molecule has 0 fully saturated rings. The van der Waals surface area contributed by atoms with E-state index in [-0.39, 0.29) is 29.5 Å². The lowest BCUT2D eigenvalue weighted by Crippen LogP contribution is -2.21. The Bertz CT molecular complexity index is 892. The molecule has 0 bridgehead atoms. The summed E-state index contributed by atoms with van der Waals surface area (Å²) >= 11 is 0. The zero-order valence-electron chi connectivity index (χ0n) is 13.8. The molecule has 2 heterocycles. The van der Waals surface area contributed by atoms with E-state index in [1.807, 2.05) is 25.1 Å². The highest BCUT2D eigenvalue weighted by Gasteiger charge is 2.25. The van der Waals surface area contributed by atoms with Crippen LogP contribution in [0.5, 0.6) is 0 Å². The van der Waals surface area contributed by atoms with Gasteiger partial charge in [0, 0.05) is 24.3 Å². The second kappa shape index (κ2) is 6.35. The van der Waals surface area contributed by atoms with E-state index in [2.05, 4.69) is 15.6 Å². The number of fused-ring (bicyclic) bond motifs is 1. The predicted molar refractivity (Wildman–Crippen MR) is 90.9 cm³/mol. The molecule has 25 heavy (non-hydrogen) atoms. The van der Waals surface area contributed by atoms with Gasteiger partial charge in [-0.1, -0.05) is 19.1 Å². The maximum Gasteiger partial charge on any atom is 0.335 e. The van der Waals surface area contributed by atoms with E-state index < -0.39 is 11.9 Å². The minimum absolute atomic E-state index is 0.00257. The number of benzene rings is 1. The van der Waals surface area contributed by atoms with Crippen molar-refractivity contribution in [2.24, 2.45) is 0 Å². The van der Waals surface area contributed by atoms with E-state index in [4.69, 9.17) is 0 Å². The minimum Gasteiger partial charge on any atom is -0.478 e. The number of carbonyl (C=O) groups is 3. The number of aromatic carboxylic acids is 1. The van der Waals surface area contributed by atoms with Crippen LogP contribution in [-0.4, -0.2) is 34.9 Å². The van der Waals surface area contributed by atoms with Crippen molar-refractivity contribution in [2.45, 2.75) is 19.3 Å². The number of carbonyl (C=O) groups excluding carboxylic acids is 2. The van der Waals surface area contributed by atoms with E-state index in [0.29, 0.717) is 5.69 Å². The van der Waals surface area contributed by atoms with E-state index in [0.717, 1.165) is 16.8 Å². The molecule has 7 heteroatoms. The summed E-state index contributed by atoms with van der Waals surface area (Å²) in [5.41, 5.74) is 3.03. The smallest absolute Gasteiger partial charge is 0.335 e. The summed E-state index contributed by atoms with van der Waals surface area (Å²) in [5, 5.41) is 14.6. The molecule has 0 spiro atoms. The summed E-state index contributed by atoms with van der Waals surface area (Å²) in [4.78, 5) is 39.3. The lowest BCUT2D eigenvalue weighted by atomic mass is 9.90. The number of nitrogens with one attached hydrogen (secondary N) is 2. The van der Waals surface area contributed by atoms with Crippen molar-refractivity contribution in [3.8, 4) is 0 Å². The first kappa shape index (κ1) is 16.6. The molecular weight excluding hydrogens is 322 g/mol. The highest BCUT2D eigenvalue weighted by molar-refractivity contribution is 5.99. The highest BCUT2D eigenvalue weighted by Crippen LogP contribution is 2.33. The number of aromatic nitrogens is 1. The summed E-state index contributed by atoms with van der Waals surface area (Å²) in [6.45, 7) is 1.88. The average Bonchev–Trinajstić information content (AvgIpc) is 2.99. The number of nitrogens with zero attached hydrogens (tertiary/aromatic N) is 1. The zero-order valence-corrected chi connectivity index (χ0v) is 13.8. The molecule has 1 unspecified atom stereocenters. The van der Waals surface area contributed by atoms with Gasteiger partial charge in [-0.25, -0.2) is 9.78 Å². The summed E-state index contributed by atoms with van der Waals surface area (Å²) in [7, 11) is 1.46. The first-order valence-corrected chi connectivity index (χ1v) is 7.79. The number of pyridine rings is 1. The molecular formula is C18H17N3O4. The Labute approximate surface area is 144 Å². The van der Waals surface area contributed by atoms with Crippen LogP contribution in [0.15, 0.2) is 30.3 Å².